The van der Waals surface area contributed by atoms with Gasteiger partial charge in [0.15, 0.2) is 0 Å². The summed E-state index contributed by atoms with van der Waals surface area (Å²) in [5, 5.41) is 1.06. The molecule has 43 heavy (non-hydrogen) atoms. The van der Waals surface area contributed by atoms with Gasteiger partial charge in [0.2, 0.25) is 0 Å². The number of anilines is 1. The largest absolute Gasteiger partial charge is 0.497 e. The number of hydrogen-bond donors (Lipinski definition) is 1. The number of aromatic amines is 1. The number of fused-ring (bicyclic) bond motifs is 1. The molecule has 0 unspecified atom stereocenters. The van der Waals surface area contributed by atoms with Gasteiger partial charge in [-0.15, -0.1) is 0 Å². The highest BCUT2D eigenvalue weighted by molar-refractivity contribution is 5.98. The van der Waals surface area contributed by atoms with Crippen LogP contribution in [0.4, 0.5) is 5.69 Å². The first-order valence-corrected chi connectivity index (χ1v) is 14.8. The molecule has 7 nitrogen and oxygen atoms in total. The maximum Gasteiger partial charge on any atom is 0.253 e. The van der Waals surface area contributed by atoms with Crippen molar-refractivity contribution in [1.29, 1.82) is 0 Å². The number of nitrogens with zero attached hydrogens (tertiary/aromatic N) is 4. The Morgan fingerprint density at radius 3 is 2.23 bits per heavy atom. The average molecular weight is 574 g/mol. The summed E-state index contributed by atoms with van der Waals surface area (Å²) in [5.41, 5.74) is 10.9. The maximum atomic E-state index is 13.2. The lowest BCUT2D eigenvalue weighted by Crippen LogP contribution is -2.45. The highest BCUT2D eigenvalue weighted by Gasteiger charge is 2.19. The Hall–Kier alpha value is -4.62. The van der Waals surface area contributed by atoms with Crippen LogP contribution in [0.5, 0.6) is 5.75 Å². The third-order valence-electron chi connectivity index (χ3n) is 8.54. The average Bonchev–Trinajstić information content (AvgIpc) is 3.45. The van der Waals surface area contributed by atoms with E-state index in [0.29, 0.717) is 12.1 Å². The van der Waals surface area contributed by atoms with Crippen molar-refractivity contribution in [1.82, 2.24) is 19.8 Å². The van der Waals surface area contributed by atoms with E-state index in [9.17, 15) is 4.79 Å². The van der Waals surface area contributed by atoms with Gasteiger partial charge in [-0.3, -0.25) is 4.79 Å². The van der Waals surface area contributed by atoms with Crippen LogP contribution in [0.3, 0.4) is 0 Å². The number of nitrogens with one attached hydrogen (secondary N) is 1. The molecule has 0 bridgehead atoms. The Morgan fingerprint density at radius 2 is 1.58 bits per heavy atom. The Labute approximate surface area is 253 Å². The smallest absolute Gasteiger partial charge is 0.253 e. The van der Waals surface area contributed by atoms with Crippen LogP contribution in [0, 0.1) is 13.8 Å². The van der Waals surface area contributed by atoms with Gasteiger partial charge >= 0.3 is 0 Å². The third-order valence-corrected chi connectivity index (χ3v) is 8.54. The first kappa shape index (κ1) is 28.5. The van der Waals surface area contributed by atoms with E-state index in [-0.39, 0.29) is 5.91 Å². The van der Waals surface area contributed by atoms with Crippen LogP contribution in [-0.2, 0) is 6.54 Å². The molecule has 0 atom stereocenters. The molecule has 220 valence electrons. The van der Waals surface area contributed by atoms with Crippen molar-refractivity contribution >= 4 is 22.6 Å². The van der Waals surface area contributed by atoms with Crippen molar-refractivity contribution in [3.8, 4) is 28.0 Å². The molecule has 5 aromatic rings. The quantitative estimate of drug-likeness (QED) is 0.239. The van der Waals surface area contributed by atoms with Crippen molar-refractivity contribution in [3.63, 3.8) is 0 Å². The van der Waals surface area contributed by atoms with E-state index in [2.05, 4.69) is 53.9 Å². The molecule has 3 aromatic carbocycles. The van der Waals surface area contributed by atoms with Crippen LogP contribution in [0.2, 0.25) is 0 Å². The van der Waals surface area contributed by atoms with E-state index < -0.39 is 0 Å². The Bertz CT molecular complexity index is 1730. The molecular formula is C36H39N5O2. The fourth-order valence-corrected chi connectivity index (χ4v) is 6.14. The minimum absolute atomic E-state index is 0.0176. The van der Waals surface area contributed by atoms with Crippen LogP contribution in [-0.4, -0.2) is 73.1 Å². The molecule has 7 heteroatoms. The molecule has 1 saturated heterocycles. The minimum Gasteiger partial charge on any atom is -0.497 e. The first-order valence-electron chi connectivity index (χ1n) is 14.8. The van der Waals surface area contributed by atoms with Gasteiger partial charge in [0.1, 0.15) is 11.4 Å². The van der Waals surface area contributed by atoms with Gasteiger partial charge in [0.05, 0.1) is 7.11 Å². The number of aryl methyl sites for hydroxylation is 2. The third kappa shape index (κ3) is 5.86. The zero-order chi connectivity index (χ0) is 30.1. The molecule has 0 aliphatic carbocycles. The Balaban J connectivity index is 1.22. The second kappa shape index (κ2) is 11.9. The Kier molecular flexibility index (Phi) is 7.91. The van der Waals surface area contributed by atoms with E-state index in [1.807, 2.05) is 68.0 Å². The zero-order valence-electron chi connectivity index (χ0n) is 25.6. The first-order chi connectivity index (χ1) is 20.8. The lowest BCUT2D eigenvalue weighted by Gasteiger charge is -2.36. The number of methoxy groups -OCH3 is 1. The van der Waals surface area contributed by atoms with Gasteiger partial charge in [-0.05, 0) is 91.2 Å². The molecule has 1 aliphatic rings. The molecule has 1 fully saturated rings. The monoisotopic (exact) mass is 573 g/mol. The van der Waals surface area contributed by atoms with Gasteiger partial charge in [0, 0.05) is 79.9 Å². The number of likely N-dealkylation sites (N-methyl/N-ethyl adjacent to an activating group) is 1. The molecule has 6 rings (SSSR count). The van der Waals surface area contributed by atoms with Crippen molar-refractivity contribution in [2.45, 2.75) is 20.4 Å². The lowest BCUT2D eigenvalue weighted by atomic mass is 9.97. The summed E-state index contributed by atoms with van der Waals surface area (Å²) < 4.78 is 5.24. The molecule has 0 saturated carbocycles. The fourth-order valence-electron chi connectivity index (χ4n) is 6.14. The normalized spacial score (nSPS) is 13.8. The maximum absolute atomic E-state index is 13.2. The highest BCUT2D eigenvalue weighted by Crippen LogP contribution is 2.35. The van der Waals surface area contributed by atoms with Gasteiger partial charge in [-0.1, -0.05) is 24.3 Å². The van der Waals surface area contributed by atoms with Crippen molar-refractivity contribution in [2.24, 2.45) is 0 Å². The fraction of sp³-hybridized carbons (Fsp3) is 0.278. The van der Waals surface area contributed by atoms with Gasteiger partial charge in [0.25, 0.3) is 5.91 Å². The topological polar surface area (TPSA) is 64.7 Å². The van der Waals surface area contributed by atoms with Crippen molar-refractivity contribution in [2.75, 3.05) is 52.3 Å². The molecule has 1 N–H and O–H groups in total. The second-order valence-corrected chi connectivity index (χ2v) is 11.7. The second-order valence-electron chi connectivity index (χ2n) is 11.7. The molecule has 1 amide bonds. The minimum atomic E-state index is -0.0176. The molecular weight excluding hydrogens is 534 g/mol. The van der Waals surface area contributed by atoms with E-state index in [4.69, 9.17) is 9.72 Å². The number of H-pyrrole nitrogens is 1. The SMILES string of the molecule is COc1ccc(CN(C)C(=O)c2ccc(-c3c[nH]c4ncc(-c5cc(C)c(N6CCN(C)CC6)c(C)c5)cc34)cc2)cc1. The number of rotatable bonds is 7. The molecule has 1 aliphatic heterocycles. The summed E-state index contributed by atoms with van der Waals surface area (Å²) >= 11 is 0. The Morgan fingerprint density at radius 1 is 0.907 bits per heavy atom. The summed E-state index contributed by atoms with van der Waals surface area (Å²) in [4.78, 5) is 27.9. The predicted octanol–water partition coefficient (Wildman–Crippen LogP) is 6.55. The van der Waals surface area contributed by atoms with Gasteiger partial charge < -0.3 is 24.4 Å². The number of benzene rings is 3. The number of ether oxygens (including phenoxy) is 1. The van der Waals surface area contributed by atoms with Crippen molar-refractivity contribution < 1.29 is 9.53 Å². The number of aromatic nitrogens is 2. The van der Waals surface area contributed by atoms with Crippen LogP contribution in [0.15, 0.2) is 79.1 Å². The number of carbonyl (C=O) groups is 1. The predicted molar refractivity (Wildman–Crippen MR) is 175 cm³/mol. The number of pyridine rings is 1. The van der Waals surface area contributed by atoms with Gasteiger partial charge in [-0.2, -0.15) is 0 Å². The van der Waals surface area contributed by atoms with Crippen molar-refractivity contribution in [3.05, 3.63) is 101 Å². The summed E-state index contributed by atoms with van der Waals surface area (Å²) in [7, 11) is 5.67. The van der Waals surface area contributed by atoms with Gasteiger partial charge in [-0.25, -0.2) is 4.98 Å². The van der Waals surface area contributed by atoms with E-state index >= 15 is 0 Å². The summed E-state index contributed by atoms with van der Waals surface area (Å²) in [5.74, 6) is 0.785. The highest BCUT2D eigenvalue weighted by atomic mass is 16.5. The standard InChI is InChI=1S/C36H39N5O2/c1-24-18-29(19-25(2)34(24)41-16-14-39(3)15-17-41)30-20-32-33(22-38-35(32)37-21-30)27-8-10-28(11-9-27)36(42)40(4)23-26-6-12-31(43-5)13-7-26/h6-13,18-22H,14-17,23H2,1-5H3,(H,37,38). The molecule has 3 heterocycles. The number of hydrogen-bond acceptors (Lipinski definition) is 5. The lowest BCUT2D eigenvalue weighted by molar-refractivity contribution is 0.0785. The molecule has 0 radical (unpaired) electrons. The van der Waals surface area contributed by atoms with Crippen LogP contribution >= 0.6 is 0 Å². The van der Waals surface area contributed by atoms with E-state index in [1.54, 1.807) is 12.0 Å². The summed E-state index contributed by atoms with van der Waals surface area (Å²) in [6.07, 6.45) is 3.95. The van der Waals surface area contributed by atoms with Crippen LogP contribution < -0.4 is 9.64 Å². The molecule has 0 spiro atoms. The summed E-state index contributed by atoms with van der Waals surface area (Å²) in [6.45, 7) is 9.25. The van der Waals surface area contributed by atoms with E-state index in [0.717, 1.165) is 65.2 Å². The number of piperazine rings is 1. The number of amides is 1. The summed E-state index contributed by atoms with van der Waals surface area (Å²) in [6, 6.07) is 22.4. The number of carbonyl (C=O) groups excluding carboxylic acids is 1. The molecule has 2 aromatic heterocycles. The zero-order valence-corrected chi connectivity index (χ0v) is 25.6. The van der Waals surface area contributed by atoms with E-state index in [1.165, 1.54) is 22.4 Å². The van der Waals surface area contributed by atoms with Crippen LogP contribution in [0.1, 0.15) is 27.0 Å². The van der Waals surface area contributed by atoms with Crippen LogP contribution in [0.25, 0.3) is 33.3 Å².